The fourth-order valence-corrected chi connectivity index (χ4v) is 3.26. The highest BCUT2D eigenvalue weighted by Gasteiger charge is 2.18. The number of sulfonamides is 1. The number of halogens is 2. The molecule has 21 heavy (non-hydrogen) atoms. The highest BCUT2D eigenvalue weighted by Crippen LogP contribution is 2.22. The van der Waals surface area contributed by atoms with Crippen LogP contribution < -0.4 is 10.5 Å². The molecule has 0 fully saturated rings. The van der Waals surface area contributed by atoms with Gasteiger partial charge >= 0.3 is 0 Å². The molecule has 0 spiro atoms. The lowest BCUT2D eigenvalue weighted by Gasteiger charge is -2.09. The molecule has 3 N–H and O–H groups in total. The maximum absolute atomic E-state index is 13.2. The van der Waals surface area contributed by atoms with E-state index in [4.69, 9.17) is 17.3 Å². The summed E-state index contributed by atoms with van der Waals surface area (Å²) in [5, 5.41) is -0.0256. The normalized spacial score (nSPS) is 11.6. The zero-order valence-corrected chi connectivity index (χ0v) is 12.6. The van der Waals surface area contributed by atoms with Crippen molar-refractivity contribution in [1.82, 2.24) is 4.72 Å². The molecule has 0 aliphatic rings. The molecule has 0 atom stereocenters. The predicted molar refractivity (Wildman–Crippen MR) is 79.8 cm³/mol. The molecule has 0 bridgehead atoms. The van der Waals surface area contributed by atoms with Crippen LogP contribution in [-0.2, 0) is 23.1 Å². The summed E-state index contributed by atoms with van der Waals surface area (Å²) in [5.74, 6) is -0.660. The van der Waals surface area contributed by atoms with Gasteiger partial charge in [-0.05, 0) is 29.3 Å². The lowest BCUT2D eigenvalue weighted by atomic mass is 10.1. The molecule has 0 aliphatic heterocycles. The number of hydrogen-bond donors (Lipinski definition) is 2. The first-order valence-corrected chi connectivity index (χ1v) is 8.01. The van der Waals surface area contributed by atoms with Crippen molar-refractivity contribution < 1.29 is 12.8 Å². The number of hydrogen-bond acceptors (Lipinski definition) is 3. The third kappa shape index (κ3) is 4.01. The van der Waals surface area contributed by atoms with Crippen LogP contribution >= 0.6 is 11.6 Å². The van der Waals surface area contributed by atoms with Crippen LogP contribution in [0.25, 0.3) is 0 Å². The summed E-state index contributed by atoms with van der Waals surface area (Å²) in [5.41, 5.74) is 7.21. The Bertz CT molecular complexity index is 733. The second kappa shape index (κ2) is 6.53. The second-order valence-corrected chi connectivity index (χ2v) is 6.56. The SMILES string of the molecule is NCc1ccc(CNS(=O)(=O)c2cc(F)ccc2Cl)cc1. The Balaban J connectivity index is 2.15. The molecule has 112 valence electrons. The number of nitrogens with one attached hydrogen (secondary N) is 1. The zero-order chi connectivity index (χ0) is 15.5. The predicted octanol–water partition coefficient (Wildman–Crippen LogP) is 2.42. The van der Waals surface area contributed by atoms with Gasteiger partial charge in [-0.15, -0.1) is 0 Å². The van der Waals surface area contributed by atoms with Crippen molar-refractivity contribution >= 4 is 21.6 Å². The minimum Gasteiger partial charge on any atom is -0.326 e. The van der Waals surface area contributed by atoms with Gasteiger partial charge in [-0.1, -0.05) is 35.9 Å². The van der Waals surface area contributed by atoms with Crippen LogP contribution in [0.2, 0.25) is 5.02 Å². The molecule has 0 amide bonds. The van der Waals surface area contributed by atoms with E-state index in [1.807, 2.05) is 12.1 Å². The Kier molecular flexibility index (Phi) is 4.95. The van der Waals surface area contributed by atoms with Gasteiger partial charge in [0.05, 0.1) is 5.02 Å². The molecule has 0 aliphatic carbocycles. The largest absolute Gasteiger partial charge is 0.326 e. The van der Waals surface area contributed by atoms with Gasteiger partial charge in [0.15, 0.2) is 0 Å². The first-order chi connectivity index (χ1) is 9.92. The van der Waals surface area contributed by atoms with Gasteiger partial charge in [0, 0.05) is 13.1 Å². The maximum atomic E-state index is 13.2. The maximum Gasteiger partial charge on any atom is 0.242 e. The molecule has 0 saturated heterocycles. The number of benzene rings is 2. The molecule has 2 aromatic rings. The first kappa shape index (κ1) is 15.9. The van der Waals surface area contributed by atoms with Crippen LogP contribution in [0.5, 0.6) is 0 Å². The van der Waals surface area contributed by atoms with E-state index < -0.39 is 15.8 Å². The topological polar surface area (TPSA) is 72.2 Å². The Morgan fingerprint density at radius 1 is 1.10 bits per heavy atom. The van der Waals surface area contributed by atoms with Gasteiger partial charge in [-0.3, -0.25) is 0 Å². The minimum absolute atomic E-state index is 0.0256. The van der Waals surface area contributed by atoms with Crippen molar-refractivity contribution in [3.63, 3.8) is 0 Å². The van der Waals surface area contributed by atoms with Crippen molar-refractivity contribution in [3.8, 4) is 0 Å². The molecule has 0 aromatic heterocycles. The monoisotopic (exact) mass is 328 g/mol. The van der Waals surface area contributed by atoms with E-state index in [2.05, 4.69) is 4.72 Å². The van der Waals surface area contributed by atoms with Crippen LogP contribution in [-0.4, -0.2) is 8.42 Å². The summed E-state index contributed by atoms with van der Waals surface area (Å²) in [7, 11) is -3.87. The Hall–Kier alpha value is -1.47. The Morgan fingerprint density at radius 3 is 2.33 bits per heavy atom. The van der Waals surface area contributed by atoms with E-state index in [0.29, 0.717) is 6.54 Å². The van der Waals surface area contributed by atoms with Crippen molar-refractivity contribution in [3.05, 3.63) is 64.4 Å². The van der Waals surface area contributed by atoms with Crippen molar-refractivity contribution in [2.24, 2.45) is 5.73 Å². The quantitative estimate of drug-likeness (QED) is 0.885. The lowest BCUT2D eigenvalue weighted by molar-refractivity contribution is 0.577. The molecular formula is C14H14ClFN2O2S. The average Bonchev–Trinajstić information content (AvgIpc) is 2.48. The second-order valence-electron chi connectivity index (χ2n) is 4.42. The first-order valence-electron chi connectivity index (χ1n) is 6.15. The van der Waals surface area contributed by atoms with E-state index >= 15 is 0 Å². The molecular weight excluding hydrogens is 315 g/mol. The molecule has 2 rings (SSSR count). The fourth-order valence-electron chi connectivity index (χ4n) is 1.73. The smallest absolute Gasteiger partial charge is 0.242 e. The summed E-state index contributed by atoms with van der Waals surface area (Å²) < 4.78 is 39.8. The Labute approximate surface area is 127 Å². The summed E-state index contributed by atoms with van der Waals surface area (Å²) in [4.78, 5) is -0.275. The standard InChI is InChI=1S/C14H14ClFN2O2S/c15-13-6-5-12(16)7-14(13)21(19,20)18-9-11-3-1-10(8-17)2-4-11/h1-7,18H,8-9,17H2. The summed E-state index contributed by atoms with van der Waals surface area (Å²) in [6, 6.07) is 10.4. The van der Waals surface area contributed by atoms with Gasteiger partial charge in [0.1, 0.15) is 10.7 Å². The molecule has 0 radical (unpaired) electrons. The van der Waals surface area contributed by atoms with Crippen LogP contribution in [0.3, 0.4) is 0 Å². The van der Waals surface area contributed by atoms with Gasteiger partial charge in [0.25, 0.3) is 0 Å². The average molecular weight is 329 g/mol. The van der Waals surface area contributed by atoms with Crippen LogP contribution in [0.4, 0.5) is 4.39 Å². The molecule has 7 heteroatoms. The molecule has 0 heterocycles. The molecule has 2 aromatic carbocycles. The summed E-state index contributed by atoms with van der Waals surface area (Å²) >= 11 is 5.80. The van der Waals surface area contributed by atoms with E-state index in [9.17, 15) is 12.8 Å². The van der Waals surface area contributed by atoms with Gasteiger partial charge in [0.2, 0.25) is 10.0 Å². The highest BCUT2D eigenvalue weighted by atomic mass is 35.5. The van der Waals surface area contributed by atoms with Crippen molar-refractivity contribution in [2.75, 3.05) is 0 Å². The molecule has 0 saturated carbocycles. The van der Waals surface area contributed by atoms with Crippen molar-refractivity contribution in [1.29, 1.82) is 0 Å². The molecule has 4 nitrogen and oxygen atoms in total. The fraction of sp³-hybridized carbons (Fsp3) is 0.143. The number of rotatable bonds is 5. The molecule has 0 unspecified atom stereocenters. The van der Waals surface area contributed by atoms with E-state index in [1.54, 1.807) is 12.1 Å². The third-order valence-electron chi connectivity index (χ3n) is 2.91. The van der Waals surface area contributed by atoms with E-state index in [-0.39, 0.29) is 16.5 Å². The van der Waals surface area contributed by atoms with Crippen LogP contribution in [0.1, 0.15) is 11.1 Å². The summed E-state index contributed by atoms with van der Waals surface area (Å²) in [6.45, 7) is 0.505. The highest BCUT2D eigenvalue weighted by molar-refractivity contribution is 7.89. The van der Waals surface area contributed by atoms with E-state index in [0.717, 1.165) is 23.3 Å². The van der Waals surface area contributed by atoms with Gasteiger partial charge in [-0.25, -0.2) is 17.5 Å². The van der Waals surface area contributed by atoms with E-state index in [1.165, 1.54) is 6.07 Å². The van der Waals surface area contributed by atoms with Crippen LogP contribution in [0, 0.1) is 5.82 Å². The zero-order valence-electron chi connectivity index (χ0n) is 11.0. The van der Waals surface area contributed by atoms with Gasteiger partial charge < -0.3 is 5.73 Å². The van der Waals surface area contributed by atoms with Gasteiger partial charge in [-0.2, -0.15) is 0 Å². The lowest BCUT2D eigenvalue weighted by Crippen LogP contribution is -2.23. The van der Waals surface area contributed by atoms with Crippen LogP contribution in [0.15, 0.2) is 47.4 Å². The Morgan fingerprint density at radius 2 is 1.71 bits per heavy atom. The van der Waals surface area contributed by atoms with Crippen molar-refractivity contribution in [2.45, 2.75) is 18.0 Å². The summed E-state index contributed by atoms with van der Waals surface area (Å²) in [6.07, 6.45) is 0. The minimum atomic E-state index is -3.87. The number of nitrogens with two attached hydrogens (primary N) is 1. The third-order valence-corrected chi connectivity index (χ3v) is 4.79.